The molecule has 0 aliphatic heterocycles. The molecule has 1 atom stereocenters. The van der Waals surface area contributed by atoms with Gasteiger partial charge in [-0.2, -0.15) is 13.5 Å². The molecule has 0 bridgehead atoms. The van der Waals surface area contributed by atoms with Crippen molar-refractivity contribution in [3.63, 3.8) is 0 Å². The monoisotopic (exact) mass is 480 g/mol. The van der Waals surface area contributed by atoms with Gasteiger partial charge in [-0.3, -0.25) is 0 Å². The first-order valence-corrected chi connectivity index (χ1v) is 9.98. The fourth-order valence-electron chi connectivity index (χ4n) is 3.23. The number of nitrogens with zero attached hydrogens (tertiary/aromatic N) is 5. The minimum atomic E-state index is -2.81. The molecule has 0 saturated heterocycles. The van der Waals surface area contributed by atoms with E-state index in [0.717, 1.165) is 6.33 Å². The summed E-state index contributed by atoms with van der Waals surface area (Å²) in [6, 6.07) is 6.77. The van der Waals surface area contributed by atoms with Crippen molar-refractivity contribution in [1.29, 1.82) is 0 Å². The van der Waals surface area contributed by atoms with E-state index >= 15 is 0 Å². The van der Waals surface area contributed by atoms with Crippen LogP contribution in [0.5, 0.6) is 11.5 Å². The molecule has 0 aliphatic carbocycles. The largest absolute Gasteiger partial charge is 0.496 e. The SMILES string of the molecule is COc1cc(O[C@@H](C)c2ncn(C(F)F)n2)c2c(N)ncnc2c1-c1cccc(Cl)c1Cl. The lowest BCUT2D eigenvalue weighted by atomic mass is 10.00. The first-order valence-electron chi connectivity index (χ1n) is 9.23. The lowest BCUT2D eigenvalue weighted by Gasteiger charge is -2.19. The zero-order valence-electron chi connectivity index (χ0n) is 16.8. The summed E-state index contributed by atoms with van der Waals surface area (Å²) in [5.41, 5.74) is 7.69. The first kappa shape index (κ1) is 22.0. The highest BCUT2D eigenvalue weighted by atomic mass is 35.5. The van der Waals surface area contributed by atoms with Crippen molar-refractivity contribution in [1.82, 2.24) is 24.7 Å². The molecule has 0 fully saturated rings. The average Bonchev–Trinajstić information content (AvgIpc) is 3.26. The van der Waals surface area contributed by atoms with Crippen molar-refractivity contribution in [3.8, 4) is 22.6 Å². The number of hydrogen-bond donors (Lipinski definition) is 1. The number of nitrogens with two attached hydrogens (primary N) is 1. The van der Waals surface area contributed by atoms with E-state index in [4.69, 9.17) is 38.4 Å². The summed E-state index contributed by atoms with van der Waals surface area (Å²) in [6.07, 6.45) is 1.45. The van der Waals surface area contributed by atoms with E-state index in [2.05, 4.69) is 20.1 Å². The highest BCUT2D eigenvalue weighted by molar-refractivity contribution is 6.44. The summed E-state index contributed by atoms with van der Waals surface area (Å²) in [5.74, 6) is 0.853. The molecule has 0 spiro atoms. The average molecular weight is 481 g/mol. The third kappa shape index (κ3) is 3.87. The molecule has 0 aliphatic rings. The van der Waals surface area contributed by atoms with Gasteiger partial charge < -0.3 is 15.2 Å². The van der Waals surface area contributed by atoms with Crippen LogP contribution in [0.3, 0.4) is 0 Å². The predicted molar refractivity (Wildman–Crippen MR) is 116 cm³/mol. The second-order valence-electron chi connectivity index (χ2n) is 6.66. The van der Waals surface area contributed by atoms with E-state index < -0.39 is 12.7 Å². The molecule has 8 nitrogen and oxygen atoms in total. The highest BCUT2D eigenvalue weighted by Crippen LogP contribution is 2.46. The molecule has 2 aromatic heterocycles. The standard InChI is InChI=1S/C20H16Cl2F2N6O2/c1-9(19-28-8-30(29-19)20(23)24)32-13-6-12(31-2)14(10-4-3-5-11(21)16(10)22)17-15(13)18(25)27-7-26-17/h3-9,20H,1-2H3,(H2,25,26,27)/t9-/m0/s1. The van der Waals surface area contributed by atoms with Gasteiger partial charge in [-0.05, 0) is 13.0 Å². The number of halogens is 4. The molecule has 2 N–H and O–H groups in total. The first-order chi connectivity index (χ1) is 15.3. The Morgan fingerprint density at radius 2 is 1.91 bits per heavy atom. The van der Waals surface area contributed by atoms with E-state index in [0.29, 0.717) is 42.5 Å². The zero-order valence-corrected chi connectivity index (χ0v) is 18.3. The number of ether oxygens (including phenoxy) is 2. The molecule has 0 saturated carbocycles. The maximum Gasteiger partial charge on any atom is 0.334 e. The molecule has 0 unspecified atom stereocenters. The molecule has 12 heteroatoms. The molecule has 2 aromatic carbocycles. The summed E-state index contributed by atoms with van der Waals surface area (Å²) in [6.45, 7) is -1.19. The fraction of sp³-hybridized carbons (Fsp3) is 0.200. The topological polar surface area (TPSA) is 101 Å². The summed E-state index contributed by atoms with van der Waals surface area (Å²) in [7, 11) is 1.48. The minimum absolute atomic E-state index is 0.0646. The lowest BCUT2D eigenvalue weighted by molar-refractivity contribution is 0.0550. The second kappa shape index (κ2) is 8.71. The van der Waals surface area contributed by atoms with Crippen LogP contribution in [0.1, 0.15) is 25.4 Å². The van der Waals surface area contributed by atoms with Gasteiger partial charge in [0.1, 0.15) is 30.0 Å². The van der Waals surface area contributed by atoms with Gasteiger partial charge in [-0.1, -0.05) is 35.3 Å². The van der Waals surface area contributed by atoms with Crippen LogP contribution in [0.4, 0.5) is 14.6 Å². The summed E-state index contributed by atoms with van der Waals surface area (Å²) in [5, 5.41) is 4.80. The van der Waals surface area contributed by atoms with Crippen molar-refractivity contribution in [3.05, 3.63) is 52.8 Å². The number of nitrogen functional groups attached to an aromatic ring is 1. The summed E-state index contributed by atoms with van der Waals surface area (Å²) < 4.78 is 37.7. The highest BCUT2D eigenvalue weighted by Gasteiger charge is 2.24. The van der Waals surface area contributed by atoms with Gasteiger partial charge in [-0.15, -0.1) is 5.10 Å². The molecule has 0 radical (unpaired) electrons. The number of methoxy groups -OCH3 is 1. The van der Waals surface area contributed by atoms with Crippen LogP contribution in [0.15, 0.2) is 36.9 Å². The second-order valence-corrected chi connectivity index (χ2v) is 7.44. The number of benzene rings is 2. The smallest absolute Gasteiger partial charge is 0.334 e. The van der Waals surface area contributed by atoms with Crippen LogP contribution in [0.2, 0.25) is 10.0 Å². The van der Waals surface area contributed by atoms with Crippen molar-refractivity contribution >= 4 is 39.9 Å². The predicted octanol–water partition coefficient (Wildman–Crippen LogP) is 5.32. The van der Waals surface area contributed by atoms with Crippen molar-refractivity contribution < 1.29 is 18.3 Å². The number of alkyl halides is 2. The van der Waals surface area contributed by atoms with Crippen LogP contribution in [0.25, 0.3) is 22.0 Å². The quantitative estimate of drug-likeness (QED) is 0.398. The minimum Gasteiger partial charge on any atom is -0.496 e. The lowest BCUT2D eigenvalue weighted by Crippen LogP contribution is -2.09. The Hall–Kier alpha value is -3.24. The van der Waals surface area contributed by atoms with E-state index in [-0.39, 0.29) is 17.4 Å². The Balaban J connectivity index is 1.89. The van der Waals surface area contributed by atoms with E-state index in [1.54, 1.807) is 31.2 Å². The Morgan fingerprint density at radius 1 is 1.12 bits per heavy atom. The Kier molecular flexibility index (Phi) is 5.98. The van der Waals surface area contributed by atoms with Crippen LogP contribution in [-0.4, -0.2) is 31.8 Å². The van der Waals surface area contributed by atoms with Gasteiger partial charge in [-0.25, -0.2) is 15.0 Å². The van der Waals surface area contributed by atoms with Gasteiger partial charge >= 0.3 is 6.55 Å². The van der Waals surface area contributed by atoms with Gasteiger partial charge in [0.05, 0.1) is 33.6 Å². The molecule has 166 valence electrons. The Bertz CT molecular complexity index is 1300. The third-order valence-corrected chi connectivity index (χ3v) is 5.52. The number of aromatic nitrogens is 5. The number of hydrogen-bond acceptors (Lipinski definition) is 7. The van der Waals surface area contributed by atoms with Gasteiger partial charge in [0.25, 0.3) is 0 Å². The molecular formula is C20H16Cl2F2N6O2. The third-order valence-electron chi connectivity index (χ3n) is 4.70. The molecule has 2 heterocycles. The number of rotatable bonds is 6. The number of fused-ring (bicyclic) bond motifs is 1. The zero-order chi connectivity index (χ0) is 23.0. The van der Waals surface area contributed by atoms with Crippen LogP contribution < -0.4 is 15.2 Å². The molecule has 32 heavy (non-hydrogen) atoms. The van der Waals surface area contributed by atoms with Crippen LogP contribution >= 0.6 is 23.2 Å². The van der Waals surface area contributed by atoms with Crippen LogP contribution in [-0.2, 0) is 0 Å². The Labute approximate surface area is 190 Å². The van der Waals surface area contributed by atoms with Crippen LogP contribution in [0, 0.1) is 0 Å². The summed E-state index contributed by atoms with van der Waals surface area (Å²) in [4.78, 5) is 12.3. The Morgan fingerprint density at radius 3 is 2.59 bits per heavy atom. The van der Waals surface area contributed by atoms with Gasteiger partial charge in [0.2, 0.25) is 0 Å². The normalized spacial score (nSPS) is 12.3. The summed E-state index contributed by atoms with van der Waals surface area (Å²) >= 11 is 12.7. The van der Waals surface area contributed by atoms with E-state index in [1.807, 2.05) is 0 Å². The van der Waals surface area contributed by atoms with Gasteiger partial charge in [0.15, 0.2) is 11.9 Å². The van der Waals surface area contributed by atoms with E-state index in [1.165, 1.54) is 13.4 Å². The molecule has 4 aromatic rings. The maximum atomic E-state index is 12.8. The number of anilines is 1. The molecule has 0 amide bonds. The molecule has 4 rings (SSSR count). The maximum absolute atomic E-state index is 12.8. The van der Waals surface area contributed by atoms with Crippen molar-refractivity contribution in [2.75, 3.05) is 12.8 Å². The fourth-order valence-corrected chi connectivity index (χ4v) is 3.63. The van der Waals surface area contributed by atoms with Crippen molar-refractivity contribution in [2.24, 2.45) is 0 Å². The van der Waals surface area contributed by atoms with Gasteiger partial charge in [0, 0.05) is 11.6 Å². The molecular weight excluding hydrogens is 465 g/mol. The van der Waals surface area contributed by atoms with Crippen molar-refractivity contribution in [2.45, 2.75) is 19.6 Å². The van der Waals surface area contributed by atoms with E-state index in [9.17, 15) is 8.78 Å².